The van der Waals surface area contributed by atoms with Crippen molar-refractivity contribution < 1.29 is 0 Å². The first-order chi connectivity index (χ1) is 7.60. The Morgan fingerprint density at radius 2 is 2.25 bits per heavy atom. The summed E-state index contributed by atoms with van der Waals surface area (Å²) in [5.74, 6) is 2.21. The number of aromatic amines is 1. The Balaban J connectivity index is 2.63. The molecular formula is C10H18BrN3OS. The average Bonchev–Trinajstić information content (AvgIpc) is 2.59. The molecule has 1 aromatic rings. The summed E-state index contributed by atoms with van der Waals surface area (Å²) in [6, 6.07) is 0. The van der Waals surface area contributed by atoms with E-state index in [2.05, 4.69) is 40.0 Å². The van der Waals surface area contributed by atoms with Crippen molar-refractivity contribution in [2.45, 2.75) is 32.5 Å². The van der Waals surface area contributed by atoms with E-state index in [0.717, 1.165) is 16.2 Å². The molecule has 0 spiro atoms. The molecule has 1 aromatic heterocycles. The lowest BCUT2D eigenvalue weighted by molar-refractivity contribution is 0.474. The fourth-order valence-electron chi connectivity index (χ4n) is 1.29. The molecule has 0 amide bonds. The summed E-state index contributed by atoms with van der Waals surface area (Å²) in [6.07, 6.45) is 0. The average molecular weight is 308 g/mol. The monoisotopic (exact) mass is 307 g/mol. The van der Waals surface area contributed by atoms with Gasteiger partial charge in [-0.25, -0.2) is 9.89 Å². The molecule has 16 heavy (non-hydrogen) atoms. The number of halogens is 1. The van der Waals surface area contributed by atoms with Gasteiger partial charge in [-0.15, -0.1) is 5.10 Å². The molecule has 0 aromatic carbocycles. The highest BCUT2D eigenvalue weighted by atomic mass is 79.9. The quantitative estimate of drug-likeness (QED) is 0.648. The van der Waals surface area contributed by atoms with Crippen molar-refractivity contribution in [2.24, 2.45) is 11.8 Å². The molecule has 0 aliphatic carbocycles. The van der Waals surface area contributed by atoms with Crippen molar-refractivity contribution in [3.05, 3.63) is 10.5 Å². The van der Waals surface area contributed by atoms with Gasteiger partial charge < -0.3 is 0 Å². The summed E-state index contributed by atoms with van der Waals surface area (Å²) < 4.78 is 1.66. The largest absolute Gasteiger partial charge is 0.343 e. The van der Waals surface area contributed by atoms with Gasteiger partial charge in [0.2, 0.25) is 0 Å². The molecule has 0 bridgehead atoms. The Morgan fingerprint density at radius 3 is 2.75 bits per heavy atom. The lowest BCUT2D eigenvalue weighted by Gasteiger charge is -2.16. The molecule has 1 rings (SSSR count). The van der Waals surface area contributed by atoms with E-state index >= 15 is 0 Å². The molecule has 4 nitrogen and oxygen atoms in total. The van der Waals surface area contributed by atoms with Crippen LogP contribution in [0.2, 0.25) is 0 Å². The van der Waals surface area contributed by atoms with E-state index in [1.54, 1.807) is 16.3 Å². The molecule has 1 atom stereocenters. The van der Waals surface area contributed by atoms with Crippen molar-refractivity contribution in [3.8, 4) is 0 Å². The molecule has 0 saturated carbocycles. The summed E-state index contributed by atoms with van der Waals surface area (Å²) in [4.78, 5) is 11.3. The second-order valence-electron chi connectivity index (χ2n) is 4.02. The van der Waals surface area contributed by atoms with Crippen LogP contribution < -0.4 is 5.69 Å². The van der Waals surface area contributed by atoms with Crippen LogP contribution in [0, 0.1) is 11.8 Å². The topological polar surface area (TPSA) is 50.7 Å². The van der Waals surface area contributed by atoms with Crippen LogP contribution in [0.25, 0.3) is 0 Å². The molecule has 1 heterocycles. The lowest BCUT2D eigenvalue weighted by atomic mass is 10.0. The first-order valence-electron chi connectivity index (χ1n) is 5.44. The third-order valence-corrected chi connectivity index (χ3v) is 4.60. The minimum atomic E-state index is -0.120. The third kappa shape index (κ3) is 3.38. The number of hydrogen-bond acceptors (Lipinski definition) is 3. The van der Waals surface area contributed by atoms with E-state index in [0.29, 0.717) is 18.4 Å². The van der Waals surface area contributed by atoms with Gasteiger partial charge in [-0.05, 0) is 18.8 Å². The molecular weight excluding hydrogens is 290 g/mol. The normalized spacial score (nSPS) is 13.3. The van der Waals surface area contributed by atoms with Crippen LogP contribution in [0.5, 0.6) is 0 Å². The molecule has 1 N–H and O–H groups in total. The Labute approximate surface area is 108 Å². The van der Waals surface area contributed by atoms with E-state index in [-0.39, 0.29) is 5.69 Å². The Kier molecular flexibility index (Phi) is 5.61. The van der Waals surface area contributed by atoms with E-state index < -0.39 is 0 Å². The first-order valence-corrected chi connectivity index (χ1v) is 7.54. The van der Waals surface area contributed by atoms with Crippen LogP contribution in [0.4, 0.5) is 0 Å². The van der Waals surface area contributed by atoms with Gasteiger partial charge in [0.15, 0.2) is 5.16 Å². The SMILES string of the molecule is CCn1c(SCC(CBr)C(C)C)n[nH]c1=O. The number of alkyl halides is 1. The maximum absolute atomic E-state index is 11.3. The predicted molar refractivity (Wildman–Crippen MR) is 71.4 cm³/mol. The number of hydrogen-bond donors (Lipinski definition) is 1. The van der Waals surface area contributed by atoms with Gasteiger partial charge in [0.05, 0.1) is 0 Å². The minimum Gasteiger partial charge on any atom is -0.270 e. The summed E-state index contributed by atoms with van der Waals surface area (Å²) >= 11 is 5.16. The van der Waals surface area contributed by atoms with Crippen LogP contribution in [0.1, 0.15) is 20.8 Å². The van der Waals surface area contributed by atoms with Crippen molar-refractivity contribution in [2.75, 3.05) is 11.1 Å². The van der Waals surface area contributed by atoms with E-state index in [4.69, 9.17) is 0 Å². The molecule has 0 saturated heterocycles. The van der Waals surface area contributed by atoms with Gasteiger partial charge in [-0.3, -0.25) is 4.57 Å². The van der Waals surface area contributed by atoms with Crippen LogP contribution in [0.3, 0.4) is 0 Å². The van der Waals surface area contributed by atoms with E-state index in [9.17, 15) is 4.79 Å². The third-order valence-electron chi connectivity index (χ3n) is 2.61. The Bertz CT molecular complexity index is 374. The predicted octanol–water partition coefficient (Wildman–Crippen LogP) is 2.35. The molecule has 0 aliphatic heterocycles. The van der Waals surface area contributed by atoms with Gasteiger partial charge in [-0.1, -0.05) is 41.5 Å². The zero-order chi connectivity index (χ0) is 12.1. The summed E-state index contributed by atoms with van der Waals surface area (Å²) in [5, 5.41) is 8.28. The van der Waals surface area contributed by atoms with E-state index in [1.165, 1.54) is 0 Å². The zero-order valence-corrected chi connectivity index (χ0v) is 12.3. The van der Waals surface area contributed by atoms with Crippen LogP contribution in [0.15, 0.2) is 9.95 Å². The van der Waals surface area contributed by atoms with Gasteiger partial charge in [0.25, 0.3) is 0 Å². The molecule has 1 unspecified atom stereocenters. The van der Waals surface area contributed by atoms with Crippen molar-refractivity contribution in [1.29, 1.82) is 0 Å². The maximum Gasteiger partial charge on any atom is 0.343 e. The highest BCUT2D eigenvalue weighted by Gasteiger charge is 2.14. The Hall–Kier alpha value is -0.230. The lowest BCUT2D eigenvalue weighted by Crippen LogP contribution is -2.17. The Morgan fingerprint density at radius 1 is 1.56 bits per heavy atom. The highest BCUT2D eigenvalue weighted by Crippen LogP contribution is 2.23. The fourth-order valence-corrected chi connectivity index (χ4v) is 3.91. The van der Waals surface area contributed by atoms with Crippen molar-refractivity contribution >= 4 is 27.7 Å². The minimum absolute atomic E-state index is 0.120. The van der Waals surface area contributed by atoms with E-state index in [1.807, 2.05) is 6.92 Å². The first kappa shape index (κ1) is 13.8. The van der Waals surface area contributed by atoms with Gasteiger partial charge in [0, 0.05) is 17.6 Å². The summed E-state index contributed by atoms with van der Waals surface area (Å²) in [7, 11) is 0. The summed E-state index contributed by atoms with van der Waals surface area (Å²) in [6.45, 7) is 7.04. The second kappa shape index (κ2) is 6.49. The number of nitrogens with zero attached hydrogens (tertiary/aromatic N) is 2. The van der Waals surface area contributed by atoms with Crippen LogP contribution in [-0.2, 0) is 6.54 Å². The van der Waals surface area contributed by atoms with Crippen molar-refractivity contribution in [3.63, 3.8) is 0 Å². The van der Waals surface area contributed by atoms with Gasteiger partial charge in [0.1, 0.15) is 0 Å². The van der Waals surface area contributed by atoms with Gasteiger partial charge >= 0.3 is 5.69 Å². The summed E-state index contributed by atoms with van der Waals surface area (Å²) in [5.41, 5.74) is -0.120. The van der Waals surface area contributed by atoms with Crippen molar-refractivity contribution in [1.82, 2.24) is 14.8 Å². The van der Waals surface area contributed by atoms with Gasteiger partial charge in [-0.2, -0.15) is 0 Å². The number of rotatable bonds is 6. The van der Waals surface area contributed by atoms with Crippen LogP contribution in [-0.4, -0.2) is 25.8 Å². The zero-order valence-electron chi connectivity index (χ0n) is 9.86. The fraction of sp³-hybridized carbons (Fsp3) is 0.800. The van der Waals surface area contributed by atoms with Crippen LogP contribution >= 0.6 is 27.7 Å². The smallest absolute Gasteiger partial charge is 0.270 e. The molecule has 0 radical (unpaired) electrons. The highest BCUT2D eigenvalue weighted by molar-refractivity contribution is 9.09. The molecule has 92 valence electrons. The standard InChI is InChI=1S/C10H18BrN3OS/c1-4-14-9(15)12-13-10(14)16-6-8(5-11)7(2)3/h7-8H,4-6H2,1-3H3,(H,12,15). The number of thioether (sulfide) groups is 1. The number of nitrogens with one attached hydrogen (secondary N) is 1. The number of aromatic nitrogens is 3. The molecule has 6 heteroatoms. The molecule has 0 fully saturated rings. The number of H-pyrrole nitrogens is 1. The second-order valence-corrected chi connectivity index (χ2v) is 5.66. The molecule has 0 aliphatic rings. The maximum atomic E-state index is 11.3.